The first-order valence-corrected chi connectivity index (χ1v) is 7.41. The fourth-order valence-electron chi connectivity index (χ4n) is 1.29. The topological polar surface area (TPSA) is 64.7 Å². The Morgan fingerprint density at radius 1 is 0.682 bits per heavy atom. The first-order valence-electron chi connectivity index (χ1n) is 5.90. The van der Waals surface area contributed by atoms with Gasteiger partial charge in [-0.2, -0.15) is 0 Å². The third-order valence-corrected chi connectivity index (χ3v) is 4.24. The number of halogens is 4. The lowest BCUT2D eigenvalue weighted by atomic mass is 10.2. The molecule has 1 rings (SSSR count). The summed E-state index contributed by atoms with van der Waals surface area (Å²) in [5, 5.41) is 4.92. The number of amides is 4. The molecule has 0 aliphatic carbocycles. The lowest BCUT2D eigenvalue weighted by molar-refractivity contribution is 0.230. The zero-order chi connectivity index (χ0) is 17.2. The van der Waals surface area contributed by atoms with Crippen LogP contribution >= 0.6 is 46.4 Å². The predicted molar refractivity (Wildman–Crippen MR) is 91.9 cm³/mol. The van der Waals surface area contributed by atoms with Gasteiger partial charge in [-0.25, -0.2) is 9.59 Å². The van der Waals surface area contributed by atoms with Crippen molar-refractivity contribution in [3.63, 3.8) is 0 Å². The number of carbonyl (C=O) groups excluding carboxylic acids is 2. The Hall–Kier alpha value is -1.08. The molecule has 1 aromatic carbocycles. The second-order valence-electron chi connectivity index (χ2n) is 4.66. The number of rotatable bonds is 2. The molecule has 0 aliphatic heterocycles. The Balaban J connectivity index is 3.37. The maximum absolute atomic E-state index is 11.8. The lowest BCUT2D eigenvalue weighted by Gasteiger charge is -2.20. The number of benzene rings is 1. The Labute approximate surface area is 148 Å². The summed E-state index contributed by atoms with van der Waals surface area (Å²) in [4.78, 5) is 26.1. The Morgan fingerprint density at radius 3 is 1.27 bits per heavy atom. The maximum Gasteiger partial charge on any atom is 0.321 e. The standard InChI is InChI=1S/C12H14Cl4N4O2/c1-19(2)11(21)17-9-6(14)5(13)7(15)10(8(9)16)18-12(22)20(3)4/h1-4H3,(H,17,21)(H,18,22). The third-order valence-electron chi connectivity index (χ3n) is 2.54. The van der Waals surface area contributed by atoms with E-state index in [-0.39, 0.29) is 31.5 Å². The number of nitrogens with zero attached hydrogens (tertiary/aromatic N) is 2. The highest BCUT2D eigenvalue weighted by atomic mass is 35.5. The summed E-state index contributed by atoms with van der Waals surface area (Å²) in [5.41, 5.74) is 0.121. The van der Waals surface area contributed by atoms with Gasteiger partial charge in [-0.05, 0) is 0 Å². The maximum atomic E-state index is 11.8. The zero-order valence-corrected chi connectivity index (χ0v) is 15.2. The van der Waals surface area contributed by atoms with Crippen LogP contribution < -0.4 is 10.6 Å². The van der Waals surface area contributed by atoms with Crippen LogP contribution in [0.1, 0.15) is 0 Å². The van der Waals surface area contributed by atoms with Gasteiger partial charge in [0.05, 0.1) is 31.5 Å². The van der Waals surface area contributed by atoms with Crippen LogP contribution in [-0.4, -0.2) is 50.1 Å². The lowest BCUT2D eigenvalue weighted by Crippen LogP contribution is -2.29. The highest BCUT2D eigenvalue weighted by Crippen LogP contribution is 2.47. The number of carbonyl (C=O) groups is 2. The third kappa shape index (κ3) is 4.01. The second-order valence-corrected chi connectivity index (χ2v) is 6.17. The van der Waals surface area contributed by atoms with Crippen LogP contribution in [0.15, 0.2) is 0 Å². The van der Waals surface area contributed by atoms with Crippen molar-refractivity contribution in [3.8, 4) is 0 Å². The number of anilines is 2. The highest BCUT2D eigenvalue weighted by Gasteiger charge is 2.23. The molecule has 0 heterocycles. The average molecular weight is 388 g/mol. The Morgan fingerprint density at radius 2 is 1.00 bits per heavy atom. The van der Waals surface area contributed by atoms with E-state index < -0.39 is 12.1 Å². The molecule has 22 heavy (non-hydrogen) atoms. The number of hydrogen-bond donors (Lipinski definition) is 2. The molecular weight excluding hydrogens is 374 g/mol. The van der Waals surface area contributed by atoms with Gasteiger partial charge in [0, 0.05) is 28.2 Å². The van der Waals surface area contributed by atoms with Crippen LogP contribution in [0, 0.1) is 0 Å². The molecule has 0 fully saturated rings. The summed E-state index contributed by atoms with van der Waals surface area (Å²) in [7, 11) is 6.18. The minimum Gasteiger partial charge on any atom is -0.331 e. The van der Waals surface area contributed by atoms with E-state index >= 15 is 0 Å². The average Bonchev–Trinajstić information content (AvgIpc) is 2.45. The second kappa shape index (κ2) is 7.46. The summed E-state index contributed by atoms with van der Waals surface area (Å²) in [6.45, 7) is 0. The molecule has 0 bridgehead atoms. The molecule has 0 aliphatic rings. The van der Waals surface area contributed by atoms with Gasteiger partial charge >= 0.3 is 12.1 Å². The van der Waals surface area contributed by atoms with Gasteiger partial charge in [0.15, 0.2) is 0 Å². The van der Waals surface area contributed by atoms with Gasteiger partial charge in [-0.3, -0.25) is 0 Å². The van der Waals surface area contributed by atoms with Crippen molar-refractivity contribution in [2.45, 2.75) is 0 Å². The van der Waals surface area contributed by atoms with Gasteiger partial charge in [-0.1, -0.05) is 46.4 Å². The van der Waals surface area contributed by atoms with Crippen molar-refractivity contribution >= 4 is 69.8 Å². The molecule has 0 unspecified atom stereocenters. The van der Waals surface area contributed by atoms with Crippen LogP contribution in [0.25, 0.3) is 0 Å². The van der Waals surface area contributed by atoms with Gasteiger partial charge in [0.25, 0.3) is 0 Å². The van der Waals surface area contributed by atoms with E-state index in [0.29, 0.717) is 0 Å². The Bertz CT molecular complexity index is 571. The van der Waals surface area contributed by atoms with Gasteiger partial charge in [0.2, 0.25) is 0 Å². The van der Waals surface area contributed by atoms with E-state index in [4.69, 9.17) is 46.4 Å². The SMILES string of the molecule is CN(C)C(=O)Nc1c(Cl)c(Cl)c(Cl)c(NC(=O)N(C)C)c1Cl. The first-order chi connectivity index (χ1) is 10.1. The highest BCUT2D eigenvalue weighted by molar-refractivity contribution is 6.53. The molecule has 0 atom stereocenters. The van der Waals surface area contributed by atoms with E-state index in [0.717, 1.165) is 0 Å². The van der Waals surface area contributed by atoms with Crippen LogP contribution in [0.2, 0.25) is 20.1 Å². The molecule has 6 nitrogen and oxygen atoms in total. The molecule has 122 valence electrons. The van der Waals surface area contributed by atoms with Crippen LogP contribution in [-0.2, 0) is 0 Å². The van der Waals surface area contributed by atoms with Gasteiger partial charge < -0.3 is 20.4 Å². The fourth-order valence-corrected chi connectivity index (χ4v) is 2.38. The number of nitrogens with one attached hydrogen (secondary N) is 2. The van der Waals surface area contributed by atoms with E-state index in [2.05, 4.69) is 10.6 Å². The molecule has 2 N–H and O–H groups in total. The molecule has 0 saturated carbocycles. The van der Waals surface area contributed by atoms with E-state index in [1.54, 1.807) is 28.2 Å². The largest absolute Gasteiger partial charge is 0.331 e. The summed E-state index contributed by atoms with van der Waals surface area (Å²) >= 11 is 24.4. The summed E-state index contributed by atoms with van der Waals surface area (Å²) in [5.74, 6) is 0. The molecule has 0 radical (unpaired) electrons. The van der Waals surface area contributed by atoms with Crippen molar-refractivity contribution in [2.75, 3.05) is 38.8 Å². The Kier molecular flexibility index (Phi) is 6.43. The van der Waals surface area contributed by atoms with E-state index in [1.165, 1.54) is 9.80 Å². The smallest absolute Gasteiger partial charge is 0.321 e. The zero-order valence-electron chi connectivity index (χ0n) is 12.2. The number of hydrogen-bond acceptors (Lipinski definition) is 2. The van der Waals surface area contributed by atoms with Crippen molar-refractivity contribution in [3.05, 3.63) is 20.1 Å². The molecule has 1 aromatic rings. The van der Waals surface area contributed by atoms with Crippen molar-refractivity contribution < 1.29 is 9.59 Å². The summed E-state index contributed by atoms with van der Waals surface area (Å²) in [6.07, 6.45) is 0. The predicted octanol–water partition coefficient (Wildman–Crippen LogP) is 4.49. The molecular formula is C12H14Cl4N4O2. The van der Waals surface area contributed by atoms with Crippen molar-refractivity contribution in [2.24, 2.45) is 0 Å². The molecule has 10 heteroatoms. The quantitative estimate of drug-likeness (QED) is 0.580. The van der Waals surface area contributed by atoms with E-state index in [1.807, 2.05) is 0 Å². The van der Waals surface area contributed by atoms with Crippen LogP contribution in [0.5, 0.6) is 0 Å². The molecule has 0 spiro atoms. The molecule has 0 aromatic heterocycles. The first kappa shape index (κ1) is 19.0. The van der Waals surface area contributed by atoms with E-state index in [9.17, 15) is 9.59 Å². The monoisotopic (exact) mass is 386 g/mol. The normalized spacial score (nSPS) is 10.2. The minimum atomic E-state index is -0.466. The van der Waals surface area contributed by atoms with Crippen molar-refractivity contribution in [1.29, 1.82) is 0 Å². The summed E-state index contributed by atoms with van der Waals surface area (Å²) in [6, 6.07) is -0.931. The van der Waals surface area contributed by atoms with Crippen molar-refractivity contribution in [1.82, 2.24) is 9.80 Å². The molecule has 4 amide bonds. The van der Waals surface area contributed by atoms with Crippen LogP contribution in [0.3, 0.4) is 0 Å². The minimum absolute atomic E-state index is 0.0188. The van der Waals surface area contributed by atoms with Crippen LogP contribution in [0.4, 0.5) is 21.0 Å². The van der Waals surface area contributed by atoms with Gasteiger partial charge in [0.1, 0.15) is 0 Å². The van der Waals surface area contributed by atoms with Gasteiger partial charge in [-0.15, -0.1) is 0 Å². The summed E-state index contributed by atoms with van der Waals surface area (Å²) < 4.78 is 0. The number of urea groups is 2. The fraction of sp³-hybridized carbons (Fsp3) is 0.333. The molecule has 0 saturated heterocycles.